The predicted octanol–water partition coefficient (Wildman–Crippen LogP) is 0.853. The first-order chi connectivity index (χ1) is 10.1. The molecule has 1 aliphatic carbocycles. The van der Waals surface area contributed by atoms with E-state index in [0.717, 1.165) is 32.1 Å². The van der Waals surface area contributed by atoms with Crippen LogP contribution in [0.4, 0.5) is 0 Å². The lowest BCUT2D eigenvalue weighted by molar-refractivity contribution is -0.155. The van der Waals surface area contributed by atoms with Crippen LogP contribution in [-0.2, 0) is 14.4 Å². The molecule has 0 radical (unpaired) electrons. The van der Waals surface area contributed by atoms with Crippen molar-refractivity contribution in [1.82, 2.24) is 9.80 Å². The van der Waals surface area contributed by atoms with Gasteiger partial charge in [-0.2, -0.15) is 0 Å². The highest BCUT2D eigenvalue weighted by atomic mass is 16.4. The molecule has 1 N–H and O–H groups in total. The summed E-state index contributed by atoms with van der Waals surface area (Å²) in [5.74, 6) is -0.889. The standard InChI is InChI=1S/C15H22N2O4/c18-13(10-6-7-10)16-9-3-5-11(16)14(19)17-8-2-1-4-12(17)15(20)21/h10-12H,1-9H2,(H,20,21)/t11?,12-/m1/s1. The Bertz CT molecular complexity index is 461. The van der Waals surface area contributed by atoms with E-state index in [4.69, 9.17) is 0 Å². The quantitative estimate of drug-likeness (QED) is 0.837. The third-order valence-electron chi connectivity index (χ3n) is 4.82. The number of carboxylic acids is 1. The van der Waals surface area contributed by atoms with Crippen LogP contribution in [0.15, 0.2) is 0 Å². The van der Waals surface area contributed by atoms with Crippen molar-refractivity contribution in [2.24, 2.45) is 5.92 Å². The second-order valence-corrected chi connectivity index (χ2v) is 6.35. The van der Waals surface area contributed by atoms with Crippen LogP contribution in [0.25, 0.3) is 0 Å². The number of amides is 2. The number of hydrogen-bond acceptors (Lipinski definition) is 3. The van der Waals surface area contributed by atoms with Crippen LogP contribution >= 0.6 is 0 Å². The first kappa shape index (κ1) is 14.4. The van der Waals surface area contributed by atoms with Crippen LogP contribution in [0.2, 0.25) is 0 Å². The Kier molecular flexibility index (Phi) is 3.87. The normalized spacial score (nSPS) is 29.5. The fourth-order valence-electron chi connectivity index (χ4n) is 3.50. The molecule has 2 atom stereocenters. The lowest BCUT2D eigenvalue weighted by Crippen LogP contribution is -2.55. The summed E-state index contributed by atoms with van der Waals surface area (Å²) in [5, 5.41) is 9.30. The maximum absolute atomic E-state index is 12.7. The molecule has 1 saturated carbocycles. The molecule has 2 amide bonds. The summed E-state index contributed by atoms with van der Waals surface area (Å²) in [5.41, 5.74) is 0. The molecule has 2 aliphatic heterocycles. The Hall–Kier alpha value is -1.59. The van der Waals surface area contributed by atoms with Gasteiger partial charge in [-0.25, -0.2) is 4.79 Å². The Morgan fingerprint density at radius 1 is 0.762 bits per heavy atom. The number of piperidine rings is 1. The molecule has 0 aromatic rings. The molecule has 2 saturated heterocycles. The topological polar surface area (TPSA) is 77.9 Å². The van der Waals surface area contributed by atoms with E-state index in [1.165, 1.54) is 4.90 Å². The van der Waals surface area contributed by atoms with Crippen molar-refractivity contribution in [3.05, 3.63) is 0 Å². The van der Waals surface area contributed by atoms with Crippen LogP contribution in [0, 0.1) is 5.92 Å². The van der Waals surface area contributed by atoms with E-state index in [-0.39, 0.29) is 17.7 Å². The fraction of sp³-hybridized carbons (Fsp3) is 0.800. The van der Waals surface area contributed by atoms with Gasteiger partial charge in [-0.05, 0) is 44.9 Å². The van der Waals surface area contributed by atoms with E-state index in [1.807, 2.05) is 0 Å². The minimum atomic E-state index is -0.930. The number of nitrogens with zero attached hydrogens (tertiary/aromatic N) is 2. The second kappa shape index (κ2) is 5.66. The summed E-state index contributed by atoms with van der Waals surface area (Å²) in [6, 6.07) is -1.15. The highest BCUT2D eigenvalue weighted by molar-refractivity contribution is 5.92. The molecule has 0 spiro atoms. The van der Waals surface area contributed by atoms with E-state index >= 15 is 0 Å². The third kappa shape index (κ3) is 2.76. The molecule has 6 nitrogen and oxygen atoms in total. The molecule has 3 rings (SSSR count). The largest absolute Gasteiger partial charge is 0.480 e. The lowest BCUT2D eigenvalue weighted by atomic mass is 10.0. The Morgan fingerprint density at radius 2 is 1.38 bits per heavy atom. The summed E-state index contributed by atoms with van der Waals surface area (Å²) < 4.78 is 0. The van der Waals surface area contributed by atoms with Crippen LogP contribution in [0.3, 0.4) is 0 Å². The smallest absolute Gasteiger partial charge is 0.326 e. The van der Waals surface area contributed by atoms with Crippen LogP contribution in [0.1, 0.15) is 44.9 Å². The summed E-state index contributed by atoms with van der Waals surface area (Å²) in [6.45, 7) is 1.13. The zero-order chi connectivity index (χ0) is 15.0. The number of carbonyl (C=O) groups is 3. The molecule has 2 heterocycles. The van der Waals surface area contributed by atoms with Gasteiger partial charge < -0.3 is 14.9 Å². The van der Waals surface area contributed by atoms with Crippen molar-refractivity contribution < 1.29 is 19.5 Å². The maximum atomic E-state index is 12.7. The van der Waals surface area contributed by atoms with Gasteiger partial charge in [0.05, 0.1) is 0 Å². The zero-order valence-electron chi connectivity index (χ0n) is 12.2. The molecule has 116 valence electrons. The highest BCUT2D eigenvalue weighted by Crippen LogP contribution is 2.34. The summed E-state index contributed by atoms with van der Waals surface area (Å²) in [4.78, 5) is 39.5. The van der Waals surface area contributed by atoms with Crippen LogP contribution < -0.4 is 0 Å². The van der Waals surface area contributed by atoms with E-state index in [2.05, 4.69) is 0 Å². The van der Waals surface area contributed by atoms with Gasteiger partial charge in [-0.15, -0.1) is 0 Å². The summed E-state index contributed by atoms with van der Waals surface area (Å²) >= 11 is 0. The van der Waals surface area contributed by atoms with E-state index in [9.17, 15) is 19.5 Å². The lowest BCUT2D eigenvalue weighted by Gasteiger charge is -2.36. The van der Waals surface area contributed by atoms with Gasteiger partial charge in [0.2, 0.25) is 11.8 Å². The minimum Gasteiger partial charge on any atom is -0.480 e. The van der Waals surface area contributed by atoms with Crippen molar-refractivity contribution in [2.45, 2.75) is 57.0 Å². The first-order valence-electron chi connectivity index (χ1n) is 7.93. The number of carboxylic acid groups (broad SMARTS) is 1. The van der Waals surface area contributed by atoms with Crippen molar-refractivity contribution in [3.63, 3.8) is 0 Å². The number of likely N-dealkylation sites (tertiary alicyclic amines) is 2. The first-order valence-corrected chi connectivity index (χ1v) is 7.93. The molecule has 3 fully saturated rings. The number of carbonyl (C=O) groups excluding carboxylic acids is 2. The Labute approximate surface area is 124 Å². The van der Waals surface area contributed by atoms with Gasteiger partial charge in [0.1, 0.15) is 12.1 Å². The molecule has 3 aliphatic rings. The molecule has 0 bridgehead atoms. The van der Waals surface area contributed by atoms with E-state index in [1.54, 1.807) is 4.90 Å². The van der Waals surface area contributed by atoms with Gasteiger partial charge in [0, 0.05) is 19.0 Å². The minimum absolute atomic E-state index is 0.0923. The van der Waals surface area contributed by atoms with Gasteiger partial charge in [-0.1, -0.05) is 0 Å². The van der Waals surface area contributed by atoms with E-state index in [0.29, 0.717) is 25.9 Å². The molecular weight excluding hydrogens is 272 g/mol. The average molecular weight is 294 g/mol. The number of hydrogen-bond donors (Lipinski definition) is 1. The molecule has 0 aromatic carbocycles. The predicted molar refractivity (Wildman–Crippen MR) is 74.4 cm³/mol. The Balaban J connectivity index is 1.73. The highest BCUT2D eigenvalue weighted by Gasteiger charge is 2.44. The van der Waals surface area contributed by atoms with Crippen molar-refractivity contribution >= 4 is 17.8 Å². The van der Waals surface area contributed by atoms with Gasteiger partial charge >= 0.3 is 5.97 Å². The van der Waals surface area contributed by atoms with Crippen LogP contribution in [-0.4, -0.2) is 57.9 Å². The Morgan fingerprint density at radius 3 is 2.05 bits per heavy atom. The SMILES string of the molecule is O=C(O)[C@H]1CCCCN1C(=O)C1CCCN1C(=O)C1CC1. The molecular formula is C15H22N2O4. The van der Waals surface area contributed by atoms with E-state index < -0.39 is 18.1 Å². The summed E-state index contributed by atoms with van der Waals surface area (Å²) in [7, 11) is 0. The molecule has 21 heavy (non-hydrogen) atoms. The number of rotatable bonds is 3. The molecule has 6 heteroatoms. The van der Waals surface area contributed by atoms with Gasteiger partial charge in [-0.3, -0.25) is 9.59 Å². The molecule has 0 aromatic heterocycles. The second-order valence-electron chi connectivity index (χ2n) is 6.35. The monoisotopic (exact) mass is 294 g/mol. The molecule has 1 unspecified atom stereocenters. The zero-order valence-corrected chi connectivity index (χ0v) is 12.2. The van der Waals surface area contributed by atoms with Crippen molar-refractivity contribution in [3.8, 4) is 0 Å². The summed E-state index contributed by atoms with van der Waals surface area (Å²) in [6.07, 6.45) is 5.56. The average Bonchev–Trinajstić information content (AvgIpc) is 3.22. The number of aliphatic carboxylic acids is 1. The van der Waals surface area contributed by atoms with Gasteiger partial charge in [0.15, 0.2) is 0 Å². The van der Waals surface area contributed by atoms with Crippen molar-refractivity contribution in [1.29, 1.82) is 0 Å². The van der Waals surface area contributed by atoms with Gasteiger partial charge in [0.25, 0.3) is 0 Å². The van der Waals surface area contributed by atoms with Crippen molar-refractivity contribution in [2.75, 3.05) is 13.1 Å². The fourth-order valence-corrected chi connectivity index (χ4v) is 3.50. The van der Waals surface area contributed by atoms with Crippen LogP contribution in [0.5, 0.6) is 0 Å². The third-order valence-corrected chi connectivity index (χ3v) is 4.82. The maximum Gasteiger partial charge on any atom is 0.326 e.